The van der Waals surface area contributed by atoms with Crippen LogP contribution < -0.4 is 59.1 Å². The zero-order chi connectivity index (χ0) is 11.9. The molecule has 0 unspecified atom stereocenters. The quantitative estimate of drug-likeness (QED) is 0.396. The summed E-state index contributed by atoms with van der Waals surface area (Å²) in [7, 11) is -9.52. The second-order valence-corrected chi connectivity index (χ2v) is 5.65. The van der Waals surface area contributed by atoms with Crippen molar-refractivity contribution in [2.75, 3.05) is 0 Å². The number of rotatable bonds is 2. The Hall–Kier alpha value is 1.04. The standard InChI is InChI=1S/C7H8O6S2.2Na/c1-5-2-6(14(8,9)10)4-7(3-5)15(11,12)13;;/h2-4H,1H3,(H,8,9,10)(H,11,12,13);;/q;2*+1/p-2. The number of benzene rings is 1. The normalized spacial score (nSPS) is 11.2. The first-order valence-corrected chi connectivity index (χ1v) is 6.46. The van der Waals surface area contributed by atoms with E-state index in [4.69, 9.17) is 0 Å². The molecule has 0 aliphatic heterocycles. The molecule has 6 nitrogen and oxygen atoms in total. The summed E-state index contributed by atoms with van der Waals surface area (Å²) in [5, 5.41) is 0. The van der Waals surface area contributed by atoms with Crippen LogP contribution in [0.15, 0.2) is 28.0 Å². The second kappa shape index (κ2) is 6.99. The molecule has 0 fully saturated rings. The van der Waals surface area contributed by atoms with Crippen molar-refractivity contribution in [3.05, 3.63) is 23.8 Å². The Morgan fingerprint density at radius 1 is 0.824 bits per heavy atom. The van der Waals surface area contributed by atoms with Crippen LogP contribution in [0, 0.1) is 6.92 Å². The van der Waals surface area contributed by atoms with E-state index < -0.39 is 30.0 Å². The topological polar surface area (TPSA) is 114 Å². The fourth-order valence-corrected chi connectivity index (χ4v) is 2.28. The van der Waals surface area contributed by atoms with Crippen molar-refractivity contribution in [1.82, 2.24) is 0 Å². The Labute approximate surface area is 144 Å². The van der Waals surface area contributed by atoms with Gasteiger partial charge in [-0.05, 0) is 30.7 Å². The third kappa shape index (κ3) is 6.15. The van der Waals surface area contributed by atoms with Gasteiger partial charge in [0.05, 0.1) is 9.79 Å². The summed E-state index contributed by atoms with van der Waals surface area (Å²) in [4.78, 5) is -1.45. The third-order valence-corrected chi connectivity index (χ3v) is 3.23. The van der Waals surface area contributed by atoms with Crippen LogP contribution in [0.4, 0.5) is 0 Å². The summed E-state index contributed by atoms with van der Waals surface area (Å²) in [5.41, 5.74) is 0.210. The summed E-state index contributed by atoms with van der Waals surface area (Å²) in [5.74, 6) is 0. The average molecular weight is 296 g/mol. The van der Waals surface area contributed by atoms with E-state index >= 15 is 0 Å². The van der Waals surface area contributed by atoms with Gasteiger partial charge in [0.25, 0.3) is 0 Å². The average Bonchev–Trinajstić information content (AvgIpc) is 1.99. The molecule has 1 aromatic carbocycles. The minimum absolute atomic E-state index is 0. The summed E-state index contributed by atoms with van der Waals surface area (Å²) in [6, 6.07) is 2.55. The molecule has 0 N–H and O–H groups in total. The molecule has 0 saturated heterocycles. The fraction of sp³-hybridized carbons (Fsp3) is 0.143. The van der Waals surface area contributed by atoms with Crippen LogP contribution in [-0.4, -0.2) is 25.9 Å². The first kappa shape index (κ1) is 20.4. The van der Waals surface area contributed by atoms with Gasteiger partial charge in [-0.1, -0.05) is 0 Å². The van der Waals surface area contributed by atoms with E-state index in [9.17, 15) is 25.9 Å². The van der Waals surface area contributed by atoms with Gasteiger partial charge in [-0.2, -0.15) is 0 Å². The molecular formula is C7H6Na2O6S2. The van der Waals surface area contributed by atoms with E-state index in [-0.39, 0.29) is 64.7 Å². The van der Waals surface area contributed by atoms with Gasteiger partial charge in [0.1, 0.15) is 20.2 Å². The Morgan fingerprint density at radius 3 is 1.35 bits per heavy atom. The molecule has 10 heteroatoms. The van der Waals surface area contributed by atoms with E-state index in [1.165, 1.54) is 6.92 Å². The van der Waals surface area contributed by atoms with E-state index in [1.807, 2.05) is 0 Å². The van der Waals surface area contributed by atoms with Crippen LogP contribution in [0.3, 0.4) is 0 Å². The predicted octanol–water partition coefficient (Wildman–Crippen LogP) is -6.19. The first-order chi connectivity index (χ1) is 6.60. The number of aryl methyl sites for hydroxylation is 1. The van der Waals surface area contributed by atoms with Crippen molar-refractivity contribution in [3.63, 3.8) is 0 Å². The Balaban J connectivity index is 0. The van der Waals surface area contributed by atoms with Crippen LogP contribution in [0.1, 0.15) is 5.56 Å². The fourth-order valence-electron chi connectivity index (χ4n) is 1.00. The van der Waals surface area contributed by atoms with Crippen LogP contribution in [0.25, 0.3) is 0 Å². The van der Waals surface area contributed by atoms with Crippen molar-refractivity contribution in [1.29, 1.82) is 0 Å². The monoisotopic (exact) mass is 296 g/mol. The first-order valence-electron chi connectivity index (χ1n) is 3.64. The number of hydrogen-bond donors (Lipinski definition) is 0. The maximum absolute atomic E-state index is 10.6. The van der Waals surface area contributed by atoms with Gasteiger partial charge >= 0.3 is 59.1 Å². The van der Waals surface area contributed by atoms with Crippen LogP contribution in [0.2, 0.25) is 0 Å². The summed E-state index contributed by atoms with van der Waals surface area (Å²) < 4.78 is 63.7. The van der Waals surface area contributed by atoms with Gasteiger partial charge in [-0.25, -0.2) is 16.8 Å². The molecule has 0 atom stereocenters. The van der Waals surface area contributed by atoms with E-state index in [0.717, 1.165) is 12.1 Å². The molecule has 0 spiro atoms. The smallest absolute Gasteiger partial charge is 0.744 e. The zero-order valence-corrected chi connectivity index (χ0v) is 15.1. The van der Waals surface area contributed by atoms with Crippen molar-refractivity contribution in [2.24, 2.45) is 0 Å². The molecule has 0 aliphatic rings. The van der Waals surface area contributed by atoms with Crippen LogP contribution in [0.5, 0.6) is 0 Å². The molecule has 1 aromatic rings. The Morgan fingerprint density at radius 2 is 1.12 bits per heavy atom. The molecule has 0 saturated carbocycles. The SMILES string of the molecule is Cc1cc(S(=O)(=O)[O-])cc(S(=O)(=O)[O-])c1.[Na+].[Na+]. The minimum Gasteiger partial charge on any atom is -0.744 e. The van der Waals surface area contributed by atoms with Gasteiger partial charge in [0, 0.05) is 0 Å². The molecule has 0 amide bonds. The Bertz CT molecular complexity index is 543. The van der Waals surface area contributed by atoms with Gasteiger partial charge in [0.2, 0.25) is 0 Å². The maximum Gasteiger partial charge on any atom is 1.00 e. The molecule has 0 aromatic heterocycles. The summed E-state index contributed by atoms with van der Waals surface area (Å²) in [6.07, 6.45) is 0. The zero-order valence-electron chi connectivity index (χ0n) is 9.50. The summed E-state index contributed by atoms with van der Waals surface area (Å²) in [6.45, 7) is 1.38. The predicted molar refractivity (Wildman–Crippen MR) is 47.1 cm³/mol. The van der Waals surface area contributed by atoms with Crippen LogP contribution >= 0.6 is 0 Å². The van der Waals surface area contributed by atoms with Crippen molar-refractivity contribution in [3.8, 4) is 0 Å². The van der Waals surface area contributed by atoms with Crippen molar-refractivity contribution < 1.29 is 85.1 Å². The van der Waals surface area contributed by atoms with Gasteiger partial charge in [-0.15, -0.1) is 0 Å². The van der Waals surface area contributed by atoms with Crippen molar-refractivity contribution >= 4 is 20.2 Å². The van der Waals surface area contributed by atoms with Gasteiger partial charge < -0.3 is 9.11 Å². The Kier molecular flexibility index (Phi) is 8.37. The van der Waals surface area contributed by atoms with E-state index in [1.54, 1.807) is 0 Å². The molecule has 84 valence electrons. The molecule has 0 bridgehead atoms. The maximum atomic E-state index is 10.6. The minimum atomic E-state index is -4.76. The largest absolute Gasteiger partial charge is 1.00 e. The van der Waals surface area contributed by atoms with E-state index in [0.29, 0.717) is 6.07 Å². The molecule has 0 radical (unpaired) electrons. The van der Waals surface area contributed by atoms with Gasteiger partial charge in [-0.3, -0.25) is 0 Å². The molecular weight excluding hydrogens is 290 g/mol. The van der Waals surface area contributed by atoms with Crippen LogP contribution in [-0.2, 0) is 20.2 Å². The van der Waals surface area contributed by atoms with Crippen molar-refractivity contribution in [2.45, 2.75) is 16.7 Å². The molecule has 1 rings (SSSR count). The van der Waals surface area contributed by atoms with E-state index in [2.05, 4.69) is 0 Å². The molecule has 0 heterocycles. The number of hydrogen-bond acceptors (Lipinski definition) is 6. The molecule has 0 aliphatic carbocycles. The summed E-state index contributed by atoms with van der Waals surface area (Å²) >= 11 is 0. The molecule has 17 heavy (non-hydrogen) atoms. The second-order valence-electron chi connectivity index (χ2n) is 2.89. The van der Waals surface area contributed by atoms with Gasteiger partial charge in [0.15, 0.2) is 0 Å². The third-order valence-electron chi connectivity index (χ3n) is 1.60.